The molecule has 2 rings (SSSR count). The Balaban J connectivity index is 2.18. The highest BCUT2D eigenvalue weighted by molar-refractivity contribution is 5.97. The molecule has 1 aromatic heterocycles. The predicted molar refractivity (Wildman–Crippen MR) is 69.9 cm³/mol. The van der Waals surface area contributed by atoms with Crippen LogP contribution in [0.3, 0.4) is 0 Å². The first-order valence-corrected chi connectivity index (χ1v) is 5.62. The van der Waals surface area contributed by atoms with E-state index in [1.807, 2.05) is 30.1 Å². The predicted octanol–water partition coefficient (Wildman–Crippen LogP) is -0.0590. The zero-order valence-electron chi connectivity index (χ0n) is 10.7. The van der Waals surface area contributed by atoms with Gasteiger partial charge in [-0.2, -0.15) is 0 Å². The summed E-state index contributed by atoms with van der Waals surface area (Å²) in [7, 11) is 3.67. The van der Waals surface area contributed by atoms with E-state index in [4.69, 9.17) is 10.9 Å². The van der Waals surface area contributed by atoms with Crippen molar-refractivity contribution in [2.45, 2.75) is 6.54 Å². The van der Waals surface area contributed by atoms with Gasteiger partial charge in [-0.1, -0.05) is 28.5 Å². The lowest BCUT2D eigenvalue weighted by atomic mass is 10.1. The Hall–Kier alpha value is -2.64. The molecular formula is C11H15N7O. The molecule has 1 heterocycles. The first kappa shape index (κ1) is 12.8. The summed E-state index contributed by atoms with van der Waals surface area (Å²) < 4.78 is 1.59. The molecule has 0 fully saturated rings. The molecule has 0 amide bonds. The van der Waals surface area contributed by atoms with Crippen molar-refractivity contribution in [2.24, 2.45) is 17.9 Å². The Bertz CT molecular complexity index is 592. The summed E-state index contributed by atoms with van der Waals surface area (Å²) in [5.41, 5.74) is 7.24. The zero-order valence-corrected chi connectivity index (χ0v) is 10.7. The summed E-state index contributed by atoms with van der Waals surface area (Å²) in [6.07, 6.45) is 0. The van der Waals surface area contributed by atoms with Crippen LogP contribution in [0.15, 0.2) is 29.4 Å². The third-order valence-corrected chi connectivity index (χ3v) is 2.69. The number of aryl methyl sites for hydroxylation is 1. The van der Waals surface area contributed by atoms with Crippen LogP contribution in [0.1, 0.15) is 11.1 Å². The number of benzene rings is 1. The van der Waals surface area contributed by atoms with Crippen LogP contribution in [0.5, 0.6) is 0 Å². The number of amidine groups is 1. The van der Waals surface area contributed by atoms with Gasteiger partial charge in [0.05, 0.1) is 0 Å². The fraction of sp³-hybridized carbons (Fsp3) is 0.273. The average Bonchev–Trinajstić information content (AvgIpc) is 2.84. The molecule has 0 saturated heterocycles. The number of anilines is 1. The van der Waals surface area contributed by atoms with Crippen molar-refractivity contribution in [3.8, 4) is 0 Å². The van der Waals surface area contributed by atoms with Crippen molar-refractivity contribution in [1.82, 2.24) is 20.2 Å². The second-order valence-corrected chi connectivity index (χ2v) is 4.14. The number of oxime groups is 1. The average molecular weight is 261 g/mol. The standard InChI is InChI=1S/C11H15N7O/c1-17(11-13-15-16-18(11)2)7-8-4-3-5-9(6-8)10(12)14-19/h3-6,19H,7H2,1-2H3,(H2,12,14). The molecule has 0 atom stereocenters. The van der Waals surface area contributed by atoms with E-state index in [2.05, 4.69) is 20.7 Å². The summed E-state index contributed by atoms with van der Waals surface area (Å²) in [6.45, 7) is 0.612. The topological polar surface area (TPSA) is 105 Å². The van der Waals surface area contributed by atoms with Crippen LogP contribution in [0, 0.1) is 0 Å². The maximum atomic E-state index is 8.67. The summed E-state index contributed by atoms with van der Waals surface area (Å²) in [5.74, 6) is 0.749. The number of tetrazole rings is 1. The summed E-state index contributed by atoms with van der Waals surface area (Å²) in [5, 5.41) is 23.0. The van der Waals surface area contributed by atoms with Crippen molar-refractivity contribution in [3.63, 3.8) is 0 Å². The Labute approximate surface area is 110 Å². The maximum absolute atomic E-state index is 8.67. The molecule has 3 N–H and O–H groups in total. The Morgan fingerprint density at radius 1 is 1.53 bits per heavy atom. The van der Waals surface area contributed by atoms with E-state index in [-0.39, 0.29) is 5.84 Å². The molecule has 19 heavy (non-hydrogen) atoms. The number of nitrogens with two attached hydrogens (primary N) is 1. The highest BCUT2D eigenvalue weighted by Crippen LogP contribution is 2.11. The number of nitrogens with zero attached hydrogens (tertiary/aromatic N) is 6. The molecule has 8 nitrogen and oxygen atoms in total. The van der Waals surface area contributed by atoms with Crippen LogP contribution in [-0.2, 0) is 13.6 Å². The summed E-state index contributed by atoms with van der Waals surface area (Å²) in [6, 6.07) is 7.44. The van der Waals surface area contributed by atoms with Crippen LogP contribution < -0.4 is 10.6 Å². The van der Waals surface area contributed by atoms with Crippen LogP contribution in [0.25, 0.3) is 0 Å². The number of hydrogen-bond donors (Lipinski definition) is 2. The Morgan fingerprint density at radius 2 is 2.32 bits per heavy atom. The number of hydrogen-bond acceptors (Lipinski definition) is 6. The lowest BCUT2D eigenvalue weighted by Gasteiger charge is -2.16. The second kappa shape index (κ2) is 5.34. The quantitative estimate of drug-likeness (QED) is 0.346. The van der Waals surface area contributed by atoms with Gasteiger partial charge in [-0.3, -0.25) is 0 Å². The molecule has 2 aromatic rings. The van der Waals surface area contributed by atoms with Crippen LogP contribution in [0.2, 0.25) is 0 Å². The molecule has 0 bridgehead atoms. The minimum atomic E-state index is 0.0878. The van der Waals surface area contributed by atoms with Gasteiger partial charge >= 0.3 is 0 Å². The van der Waals surface area contributed by atoms with Crippen molar-refractivity contribution in [1.29, 1.82) is 0 Å². The molecule has 0 saturated carbocycles. The van der Waals surface area contributed by atoms with Crippen molar-refractivity contribution in [2.75, 3.05) is 11.9 Å². The van der Waals surface area contributed by atoms with E-state index in [9.17, 15) is 0 Å². The van der Waals surface area contributed by atoms with Gasteiger partial charge in [0.2, 0.25) is 5.95 Å². The lowest BCUT2D eigenvalue weighted by Crippen LogP contribution is -2.21. The van der Waals surface area contributed by atoms with Crippen LogP contribution in [0.4, 0.5) is 5.95 Å². The molecule has 100 valence electrons. The largest absolute Gasteiger partial charge is 0.409 e. The van der Waals surface area contributed by atoms with Crippen LogP contribution >= 0.6 is 0 Å². The molecule has 0 aliphatic rings. The fourth-order valence-corrected chi connectivity index (χ4v) is 1.78. The van der Waals surface area contributed by atoms with Crippen molar-refractivity contribution < 1.29 is 5.21 Å². The highest BCUT2D eigenvalue weighted by Gasteiger charge is 2.09. The van der Waals surface area contributed by atoms with Crippen LogP contribution in [-0.4, -0.2) is 38.3 Å². The molecular weight excluding hydrogens is 246 g/mol. The molecule has 8 heteroatoms. The fourth-order valence-electron chi connectivity index (χ4n) is 1.78. The highest BCUT2D eigenvalue weighted by atomic mass is 16.4. The first-order chi connectivity index (χ1) is 9.11. The maximum Gasteiger partial charge on any atom is 0.245 e. The zero-order chi connectivity index (χ0) is 13.8. The van der Waals surface area contributed by atoms with Gasteiger partial charge in [-0.15, -0.1) is 0 Å². The van der Waals surface area contributed by atoms with E-state index < -0.39 is 0 Å². The molecule has 0 aliphatic heterocycles. The van der Waals surface area contributed by atoms with E-state index in [0.717, 1.165) is 5.56 Å². The Morgan fingerprint density at radius 3 is 2.95 bits per heavy atom. The van der Waals surface area contributed by atoms with Gasteiger partial charge in [0, 0.05) is 26.2 Å². The van der Waals surface area contributed by atoms with Gasteiger partial charge in [0.25, 0.3) is 0 Å². The lowest BCUT2D eigenvalue weighted by molar-refractivity contribution is 0.318. The molecule has 0 radical (unpaired) electrons. The van der Waals surface area contributed by atoms with Crippen molar-refractivity contribution >= 4 is 11.8 Å². The number of aromatic nitrogens is 4. The summed E-state index contributed by atoms with van der Waals surface area (Å²) >= 11 is 0. The second-order valence-electron chi connectivity index (χ2n) is 4.14. The van der Waals surface area contributed by atoms with Gasteiger partial charge in [-0.25, -0.2) is 4.68 Å². The Kier molecular flexibility index (Phi) is 3.60. The molecule has 0 spiro atoms. The normalized spacial score (nSPS) is 11.6. The van der Waals surface area contributed by atoms with Crippen molar-refractivity contribution in [3.05, 3.63) is 35.4 Å². The summed E-state index contributed by atoms with van der Waals surface area (Å²) in [4.78, 5) is 1.91. The first-order valence-electron chi connectivity index (χ1n) is 5.62. The van der Waals surface area contributed by atoms with E-state index in [0.29, 0.717) is 18.1 Å². The van der Waals surface area contributed by atoms with Gasteiger partial charge in [0.1, 0.15) is 0 Å². The van der Waals surface area contributed by atoms with E-state index in [1.54, 1.807) is 17.8 Å². The van der Waals surface area contributed by atoms with E-state index >= 15 is 0 Å². The minimum Gasteiger partial charge on any atom is -0.409 e. The SMILES string of the molecule is CN(Cc1cccc(C(N)=NO)c1)c1nnnn1C. The third kappa shape index (κ3) is 2.79. The third-order valence-electron chi connectivity index (χ3n) is 2.69. The molecule has 0 unspecified atom stereocenters. The monoisotopic (exact) mass is 261 g/mol. The molecule has 0 aliphatic carbocycles. The number of rotatable bonds is 4. The smallest absolute Gasteiger partial charge is 0.245 e. The van der Waals surface area contributed by atoms with E-state index in [1.165, 1.54) is 0 Å². The minimum absolute atomic E-state index is 0.0878. The van der Waals surface area contributed by atoms with Gasteiger partial charge in [0.15, 0.2) is 5.84 Å². The van der Waals surface area contributed by atoms with Gasteiger partial charge in [-0.05, 0) is 22.1 Å². The molecule has 1 aromatic carbocycles. The van der Waals surface area contributed by atoms with Gasteiger partial charge < -0.3 is 15.8 Å².